The van der Waals surface area contributed by atoms with Gasteiger partial charge in [0.15, 0.2) is 0 Å². The molecule has 0 bridgehead atoms. The van der Waals surface area contributed by atoms with E-state index in [0.29, 0.717) is 12.1 Å². The summed E-state index contributed by atoms with van der Waals surface area (Å²) in [4.78, 5) is 12.4. The Balaban J connectivity index is 2.14. The molecule has 0 radical (unpaired) electrons. The minimum absolute atomic E-state index is 0.0144. The van der Waals surface area contributed by atoms with E-state index in [0.717, 1.165) is 28.4 Å². The van der Waals surface area contributed by atoms with Crippen LogP contribution < -0.4 is 5.43 Å². The van der Waals surface area contributed by atoms with Crippen LogP contribution in [0.15, 0.2) is 22.7 Å². The number of hydrogen-bond acceptors (Lipinski definition) is 2. The number of piperidine rings is 1. The highest BCUT2D eigenvalue weighted by Crippen LogP contribution is 2.21. The molecule has 1 aromatic rings. The molecule has 3 nitrogen and oxygen atoms in total. The molecule has 0 saturated carbocycles. The first kappa shape index (κ1) is 14.5. The maximum absolute atomic E-state index is 12.4. The Bertz CT molecular complexity index is 465. The lowest BCUT2D eigenvalue weighted by molar-refractivity contribution is 0.0369. The van der Waals surface area contributed by atoms with Crippen LogP contribution in [0.3, 0.4) is 0 Å². The number of carbonyl (C=O) groups is 1. The van der Waals surface area contributed by atoms with Gasteiger partial charge in [0.2, 0.25) is 0 Å². The van der Waals surface area contributed by atoms with Crippen LogP contribution in [0, 0.1) is 6.92 Å². The number of hydrogen-bond donors (Lipinski definition) is 1. The molecule has 1 amide bonds. The van der Waals surface area contributed by atoms with E-state index in [1.807, 2.05) is 25.1 Å². The van der Waals surface area contributed by atoms with E-state index < -0.39 is 0 Å². The molecular formula is C15H21BrN2O. The zero-order valence-electron chi connectivity index (χ0n) is 11.7. The minimum atomic E-state index is -0.0144. The number of halogens is 1. The first-order valence-corrected chi connectivity index (χ1v) is 7.64. The molecular weight excluding hydrogens is 304 g/mol. The number of amides is 1. The molecule has 1 aliphatic heterocycles. The smallest absolute Gasteiger partial charge is 0.265 e. The third-order valence-corrected chi connectivity index (χ3v) is 4.36. The van der Waals surface area contributed by atoms with Crippen molar-refractivity contribution in [3.63, 3.8) is 0 Å². The number of nitrogens with zero attached hydrogens (tertiary/aromatic N) is 1. The lowest BCUT2D eigenvalue weighted by Crippen LogP contribution is -2.54. The Morgan fingerprint density at radius 2 is 1.95 bits per heavy atom. The zero-order valence-corrected chi connectivity index (χ0v) is 13.3. The largest absolute Gasteiger partial charge is 0.284 e. The van der Waals surface area contributed by atoms with Crippen molar-refractivity contribution in [2.45, 2.75) is 52.1 Å². The summed E-state index contributed by atoms with van der Waals surface area (Å²) in [5, 5.41) is 2.10. The number of nitrogens with one attached hydrogen (secondary N) is 1. The average Bonchev–Trinajstić information content (AvgIpc) is 2.37. The lowest BCUT2D eigenvalue weighted by Gasteiger charge is -2.38. The topological polar surface area (TPSA) is 32.3 Å². The van der Waals surface area contributed by atoms with Gasteiger partial charge in [-0.15, -0.1) is 0 Å². The van der Waals surface area contributed by atoms with Crippen molar-refractivity contribution in [2.24, 2.45) is 0 Å². The molecule has 1 heterocycles. The van der Waals surface area contributed by atoms with E-state index in [2.05, 4.69) is 40.2 Å². The van der Waals surface area contributed by atoms with Crippen LogP contribution in [-0.2, 0) is 0 Å². The minimum Gasteiger partial charge on any atom is -0.284 e. The third-order valence-electron chi connectivity index (χ3n) is 3.87. The van der Waals surface area contributed by atoms with Gasteiger partial charge in [0.25, 0.3) is 5.91 Å². The van der Waals surface area contributed by atoms with Gasteiger partial charge >= 0.3 is 0 Å². The van der Waals surface area contributed by atoms with E-state index >= 15 is 0 Å². The van der Waals surface area contributed by atoms with Crippen molar-refractivity contribution in [1.82, 2.24) is 10.4 Å². The Morgan fingerprint density at radius 1 is 1.32 bits per heavy atom. The quantitative estimate of drug-likeness (QED) is 0.900. The summed E-state index contributed by atoms with van der Waals surface area (Å²) in [6, 6.07) is 6.60. The zero-order chi connectivity index (χ0) is 14.0. The molecule has 0 spiro atoms. The summed E-state index contributed by atoms with van der Waals surface area (Å²) in [5.74, 6) is -0.0144. The van der Waals surface area contributed by atoms with Gasteiger partial charge in [-0.25, -0.2) is 5.01 Å². The van der Waals surface area contributed by atoms with Crippen molar-refractivity contribution < 1.29 is 4.79 Å². The summed E-state index contributed by atoms with van der Waals surface area (Å²) in [6.07, 6.45) is 3.52. The SMILES string of the molecule is Cc1ccc(Br)cc1C(=O)NN1C(C)CCCC1C. The Labute approximate surface area is 123 Å². The highest BCUT2D eigenvalue weighted by atomic mass is 79.9. The van der Waals surface area contributed by atoms with Crippen molar-refractivity contribution >= 4 is 21.8 Å². The Hall–Kier alpha value is -0.870. The second-order valence-electron chi connectivity index (χ2n) is 5.44. The predicted octanol–water partition coefficient (Wildman–Crippen LogP) is 3.67. The Morgan fingerprint density at radius 3 is 2.58 bits per heavy atom. The highest BCUT2D eigenvalue weighted by Gasteiger charge is 2.26. The summed E-state index contributed by atoms with van der Waals surface area (Å²) < 4.78 is 0.933. The van der Waals surface area contributed by atoms with Crippen LogP contribution >= 0.6 is 15.9 Å². The van der Waals surface area contributed by atoms with E-state index in [4.69, 9.17) is 0 Å². The molecule has 1 aromatic carbocycles. The number of hydrazine groups is 1. The fourth-order valence-corrected chi connectivity index (χ4v) is 3.02. The van der Waals surface area contributed by atoms with Gasteiger partial charge in [0, 0.05) is 22.1 Å². The molecule has 2 rings (SSSR count). The van der Waals surface area contributed by atoms with Gasteiger partial charge in [0.05, 0.1) is 0 Å². The van der Waals surface area contributed by atoms with Crippen LogP contribution in [0.4, 0.5) is 0 Å². The molecule has 0 aliphatic carbocycles. The fraction of sp³-hybridized carbons (Fsp3) is 0.533. The first-order valence-electron chi connectivity index (χ1n) is 6.84. The number of benzene rings is 1. The fourth-order valence-electron chi connectivity index (χ4n) is 2.66. The number of rotatable bonds is 2. The van der Waals surface area contributed by atoms with Gasteiger partial charge in [0.1, 0.15) is 0 Å². The van der Waals surface area contributed by atoms with Crippen molar-refractivity contribution in [2.75, 3.05) is 0 Å². The van der Waals surface area contributed by atoms with E-state index in [9.17, 15) is 4.79 Å². The van der Waals surface area contributed by atoms with E-state index in [1.165, 1.54) is 6.42 Å². The van der Waals surface area contributed by atoms with Crippen LogP contribution in [0.1, 0.15) is 49.0 Å². The van der Waals surface area contributed by atoms with Gasteiger partial charge in [-0.3, -0.25) is 10.2 Å². The van der Waals surface area contributed by atoms with Crippen LogP contribution in [0.5, 0.6) is 0 Å². The summed E-state index contributed by atoms with van der Waals surface area (Å²) in [6.45, 7) is 6.30. The number of carbonyl (C=O) groups excluding carboxylic acids is 1. The summed E-state index contributed by atoms with van der Waals surface area (Å²) >= 11 is 3.42. The third kappa shape index (κ3) is 3.37. The van der Waals surface area contributed by atoms with Crippen molar-refractivity contribution in [1.29, 1.82) is 0 Å². The van der Waals surface area contributed by atoms with Gasteiger partial charge in [-0.1, -0.05) is 28.4 Å². The Kier molecular flexibility index (Phi) is 4.63. The van der Waals surface area contributed by atoms with Gasteiger partial charge < -0.3 is 0 Å². The molecule has 0 aromatic heterocycles. The molecule has 2 unspecified atom stereocenters. The van der Waals surface area contributed by atoms with Crippen LogP contribution in [0.2, 0.25) is 0 Å². The van der Waals surface area contributed by atoms with Crippen molar-refractivity contribution in [3.05, 3.63) is 33.8 Å². The first-order chi connectivity index (χ1) is 8.99. The second kappa shape index (κ2) is 6.06. The molecule has 1 N–H and O–H groups in total. The lowest BCUT2D eigenvalue weighted by atomic mass is 10.00. The maximum Gasteiger partial charge on any atom is 0.265 e. The van der Waals surface area contributed by atoms with Gasteiger partial charge in [-0.05, 0) is 51.3 Å². The number of aryl methyl sites for hydroxylation is 1. The monoisotopic (exact) mass is 324 g/mol. The molecule has 1 fully saturated rings. The normalized spacial score (nSPS) is 24.2. The van der Waals surface area contributed by atoms with E-state index in [-0.39, 0.29) is 5.91 Å². The standard InChI is InChI=1S/C15H21BrN2O/c1-10-7-8-13(16)9-14(10)15(19)17-18-11(2)5-4-6-12(18)3/h7-9,11-12H,4-6H2,1-3H3,(H,17,19). The molecule has 1 aliphatic rings. The van der Waals surface area contributed by atoms with Crippen molar-refractivity contribution in [3.8, 4) is 0 Å². The predicted molar refractivity (Wildman–Crippen MR) is 81.0 cm³/mol. The van der Waals surface area contributed by atoms with E-state index in [1.54, 1.807) is 0 Å². The van der Waals surface area contributed by atoms with Gasteiger partial charge in [-0.2, -0.15) is 0 Å². The molecule has 19 heavy (non-hydrogen) atoms. The summed E-state index contributed by atoms with van der Waals surface area (Å²) in [7, 11) is 0. The summed E-state index contributed by atoms with van der Waals surface area (Å²) in [5.41, 5.74) is 4.81. The average molecular weight is 325 g/mol. The molecule has 1 saturated heterocycles. The maximum atomic E-state index is 12.4. The van der Waals surface area contributed by atoms with Crippen LogP contribution in [0.25, 0.3) is 0 Å². The highest BCUT2D eigenvalue weighted by molar-refractivity contribution is 9.10. The molecule has 4 heteroatoms. The molecule has 104 valence electrons. The van der Waals surface area contributed by atoms with Crippen LogP contribution in [-0.4, -0.2) is 23.0 Å². The second-order valence-corrected chi connectivity index (χ2v) is 6.35. The molecule has 2 atom stereocenters.